The summed E-state index contributed by atoms with van der Waals surface area (Å²) < 4.78 is 37.9. The van der Waals surface area contributed by atoms with Crippen molar-refractivity contribution >= 4 is 17.7 Å². The first-order valence-corrected chi connectivity index (χ1v) is 6.01. The fraction of sp³-hybridized carbons (Fsp3) is 0.545. The molecule has 1 heterocycles. The van der Waals surface area contributed by atoms with Gasteiger partial charge in [0.1, 0.15) is 5.82 Å². The Labute approximate surface area is 114 Å². The third kappa shape index (κ3) is 4.90. The first-order valence-electron chi connectivity index (χ1n) is 6.01. The van der Waals surface area contributed by atoms with Crippen molar-refractivity contribution in [1.29, 1.82) is 0 Å². The summed E-state index contributed by atoms with van der Waals surface area (Å²) in [6.45, 7) is 2.47. The fourth-order valence-corrected chi connectivity index (χ4v) is 1.38. The normalized spacial score (nSPS) is 11.1. The summed E-state index contributed by atoms with van der Waals surface area (Å²) in [6, 6.07) is 0.804. The summed E-state index contributed by atoms with van der Waals surface area (Å²) in [5, 5.41) is 7.71. The van der Waals surface area contributed by atoms with E-state index >= 15 is 0 Å². The standard InChI is InChI=1S/C11H16F3N5O/c1-3-16-9(20)4-5-17-8-6-7(11(12,13)14)18-10(15-2)19-8/h6H,3-5H2,1-2H3,(H,16,20)(H2,15,17,18,19). The Morgan fingerprint density at radius 1 is 1.35 bits per heavy atom. The molecule has 0 radical (unpaired) electrons. The zero-order chi connectivity index (χ0) is 15.2. The topological polar surface area (TPSA) is 78.9 Å². The minimum Gasteiger partial charge on any atom is -0.369 e. The predicted molar refractivity (Wildman–Crippen MR) is 68.4 cm³/mol. The van der Waals surface area contributed by atoms with Gasteiger partial charge in [0.25, 0.3) is 0 Å². The van der Waals surface area contributed by atoms with E-state index in [1.54, 1.807) is 6.92 Å². The van der Waals surface area contributed by atoms with E-state index in [0.29, 0.717) is 6.54 Å². The Morgan fingerprint density at radius 3 is 2.60 bits per heavy atom. The Bertz CT molecular complexity index is 464. The van der Waals surface area contributed by atoms with E-state index in [1.165, 1.54) is 7.05 Å². The zero-order valence-electron chi connectivity index (χ0n) is 11.1. The first kappa shape index (κ1) is 16.0. The highest BCUT2D eigenvalue weighted by molar-refractivity contribution is 5.76. The quantitative estimate of drug-likeness (QED) is 0.740. The van der Waals surface area contributed by atoms with Gasteiger partial charge < -0.3 is 16.0 Å². The molecule has 0 saturated heterocycles. The molecular weight excluding hydrogens is 275 g/mol. The SMILES string of the molecule is CCNC(=O)CCNc1cc(C(F)(F)F)nc(NC)n1. The van der Waals surface area contributed by atoms with E-state index in [-0.39, 0.29) is 30.6 Å². The van der Waals surface area contributed by atoms with Crippen molar-refractivity contribution in [3.8, 4) is 0 Å². The molecule has 112 valence electrons. The Kier molecular flexibility index (Phi) is 5.53. The lowest BCUT2D eigenvalue weighted by Crippen LogP contribution is -2.25. The van der Waals surface area contributed by atoms with Crippen molar-refractivity contribution < 1.29 is 18.0 Å². The molecule has 0 aromatic carbocycles. The summed E-state index contributed by atoms with van der Waals surface area (Å²) in [5.74, 6) is -0.305. The van der Waals surface area contributed by atoms with Gasteiger partial charge in [0.05, 0.1) is 0 Å². The van der Waals surface area contributed by atoms with Crippen molar-refractivity contribution in [2.24, 2.45) is 0 Å². The molecule has 0 unspecified atom stereocenters. The molecule has 0 bridgehead atoms. The molecule has 6 nitrogen and oxygen atoms in total. The summed E-state index contributed by atoms with van der Waals surface area (Å²) in [4.78, 5) is 18.4. The van der Waals surface area contributed by atoms with Crippen LogP contribution in [0.1, 0.15) is 19.0 Å². The van der Waals surface area contributed by atoms with Crippen molar-refractivity contribution in [3.63, 3.8) is 0 Å². The molecule has 3 N–H and O–H groups in total. The molecule has 0 aliphatic carbocycles. The lowest BCUT2D eigenvalue weighted by molar-refractivity contribution is -0.141. The number of carbonyl (C=O) groups is 1. The Morgan fingerprint density at radius 2 is 2.05 bits per heavy atom. The van der Waals surface area contributed by atoms with Crippen LogP contribution in [0.15, 0.2) is 6.07 Å². The number of alkyl halides is 3. The molecule has 0 spiro atoms. The molecule has 1 aromatic rings. The van der Waals surface area contributed by atoms with Crippen LogP contribution in [-0.2, 0) is 11.0 Å². The number of carbonyl (C=O) groups excluding carboxylic acids is 1. The van der Waals surface area contributed by atoms with Crippen molar-refractivity contribution in [3.05, 3.63) is 11.8 Å². The molecule has 0 aliphatic rings. The molecule has 0 aliphatic heterocycles. The second-order valence-corrected chi connectivity index (χ2v) is 3.84. The average molecular weight is 291 g/mol. The van der Waals surface area contributed by atoms with Gasteiger partial charge in [-0.15, -0.1) is 0 Å². The van der Waals surface area contributed by atoms with Crippen LogP contribution in [0.4, 0.5) is 24.9 Å². The van der Waals surface area contributed by atoms with Gasteiger partial charge >= 0.3 is 6.18 Å². The maximum absolute atomic E-state index is 12.6. The van der Waals surface area contributed by atoms with E-state index in [9.17, 15) is 18.0 Å². The van der Waals surface area contributed by atoms with E-state index in [1.807, 2.05) is 0 Å². The smallest absolute Gasteiger partial charge is 0.369 e. The van der Waals surface area contributed by atoms with Crippen molar-refractivity contribution in [1.82, 2.24) is 15.3 Å². The van der Waals surface area contributed by atoms with Gasteiger partial charge in [-0.1, -0.05) is 0 Å². The number of anilines is 2. The minimum atomic E-state index is -4.55. The number of halogens is 3. The van der Waals surface area contributed by atoms with Gasteiger partial charge in [0.2, 0.25) is 11.9 Å². The largest absolute Gasteiger partial charge is 0.433 e. The molecule has 1 amide bonds. The molecule has 1 aromatic heterocycles. The Hall–Kier alpha value is -2.06. The highest BCUT2D eigenvalue weighted by Gasteiger charge is 2.33. The maximum Gasteiger partial charge on any atom is 0.433 e. The second-order valence-electron chi connectivity index (χ2n) is 3.84. The van der Waals surface area contributed by atoms with Gasteiger partial charge in [-0.05, 0) is 6.92 Å². The second kappa shape index (κ2) is 6.92. The summed E-state index contributed by atoms with van der Waals surface area (Å²) in [7, 11) is 1.42. The number of hydrogen-bond acceptors (Lipinski definition) is 5. The van der Waals surface area contributed by atoms with Gasteiger partial charge in [-0.2, -0.15) is 18.2 Å². The molecule has 0 fully saturated rings. The van der Waals surface area contributed by atoms with Gasteiger partial charge in [0, 0.05) is 32.6 Å². The third-order valence-electron chi connectivity index (χ3n) is 2.27. The van der Waals surface area contributed by atoms with Gasteiger partial charge in [-0.3, -0.25) is 4.79 Å². The van der Waals surface area contributed by atoms with Crippen LogP contribution in [0.5, 0.6) is 0 Å². The summed E-state index contributed by atoms with van der Waals surface area (Å²) in [6.07, 6.45) is -4.40. The predicted octanol–water partition coefficient (Wildman–Crippen LogP) is 1.48. The van der Waals surface area contributed by atoms with E-state index in [0.717, 1.165) is 6.07 Å². The van der Waals surface area contributed by atoms with Crippen LogP contribution in [0.25, 0.3) is 0 Å². The zero-order valence-corrected chi connectivity index (χ0v) is 11.1. The lowest BCUT2D eigenvalue weighted by Gasteiger charge is -2.11. The van der Waals surface area contributed by atoms with Crippen LogP contribution in [0.3, 0.4) is 0 Å². The number of nitrogens with one attached hydrogen (secondary N) is 3. The molecule has 0 atom stereocenters. The van der Waals surface area contributed by atoms with Gasteiger partial charge in [0.15, 0.2) is 5.69 Å². The maximum atomic E-state index is 12.6. The third-order valence-corrected chi connectivity index (χ3v) is 2.27. The van der Waals surface area contributed by atoms with Crippen molar-refractivity contribution in [2.75, 3.05) is 30.8 Å². The Balaban J connectivity index is 2.72. The van der Waals surface area contributed by atoms with Gasteiger partial charge in [-0.25, -0.2) is 4.98 Å². The van der Waals surface area contributed by atoms with Crippen LogP contribution >= 0.6 is 0 Å². The summed E-state index contributed by atoms with van der Waals surface area (Å²) in [5.41, 5.74) is -1.04. The van der Waals surface area contributed by atoms with E-state index in [2.05, 4.69) is 25.9 Å². The highest BCUT2D eigenvalue weighted by atomic mass is 19.4. The highest BCUT2D eigenvalue weighted by Crippen LogP contribution is 2.29. The minimum absolute atomic E-state index is 0.0148. The molecule has 20 heavy (non-hydrogen) atoms. The molecule has 9 heteroatoms. The monoisotopic (exact) mass is 291 g/mol. The number of nitrogens with zero attached hydrogens (tertiary/aromatic N) is 2. The molecule has 0 saturated carbocycles. The van der Waals surface area contributed by atoms with E-state index < -0.39 is 11.9 Å². The first-order chi connectivity index (χ1) is 9.36. The van der Waals surface area contributed by atoms with E-state index in [4.69, 9.17) is 0 Å². The number of hydrogen-bond donors (Lipinski definition) is 3. The number of rotatable bonds is 6. The summed E-state index contributed by atoms with van der Waals surface area (Å²) >= 11 is 0. The van der Waals surface area contributed by atoms with Crippen LogP contribution in [0.2, 0.25) is 0 Å². The molecular formula is C11H16F3N5O. The van der Waals surface area contributed by atoms with Crippen LogP contribution in [-0.4, -0.2) is 36.0 Å². The van der Waals surface area contributed by atoms with Crippen LogP contribution < -0.4 is 16.0 Å². The number of amides is 1. The van der Waals surface area contributed by atoms with Crippen molar-refractivity contribution in [2.45, 2.75) is 19.5 Å². The average Bonchev–Trinajstić information content (AvgIpc) is 2.37. The fourth-order valence-electron chi connectivity index (χ4n) is 1.38. The molecule has 1 rings (SSSR count). The number of aromatic nitrogens is 2. The van der Waals surface area contributed by atoms with Crippen LogP contribution in [0, 0.1) is 0 Å². The lowest BCUT2D eigenvalue weighted by atomic mass is 10.3.